The number of hydrogen-bond donors (Lipinski definition) is 1. The lowest BCUT2D eigenvalue weighted by Crippen LogP contribution is -2.31. The highest BCUT2D eigenvalue weighted by Gasteiger charge is 2.06. The van der Waals surface area contributed by atoms with Crippen LogP contribution in [-0.4, -0.2) is 24.9 Å². The molecule has 0 rings (SSSR count). The fourth-order valence-electron chi connectivity index (χ4n) is 3.40. The van der Waals surface area contributed by atoms with Crippen molar-refractivity contribution in [1.82, 2.24) is 5.32 Å². The summed E-state index contributed by atoms with van der Waals surface area (Å²) in [6.07, 6.45) is 23.6. The molecule has 0 aromatic heterocycles. The predicted molar refractivity (Wildman–Crippen MR) is 117 cm³/mol. The average Bonchev–Trinajstić information content (AvgIpc) is 2.62. The Labute approximate surface area is 165 Å². The second kappa shape index (κ2) is 24.9. The van der Waals surface area contributed by atoms with Crippen LogP contribution < -0.4 is 5.32 Å². The first-order chi connectivity index (χ1) is 12.3. The molecule has 1 atom stereocenters. The van der Waals surface area contributed by atoms with Crippen LogP contribution in [0.3, 0.4) is 0 Å². The van der Waals surface area contributed by atoms with Gasteiger partial charge < -0.3 is 10.2 Å². The summed E-state index contributed by atoms with van der Waals surface area (Å²) in [7, 11) is 0. The number of ether oxygens (including phenoxy) is 1. The highest BCUT2D eigenvalue weighted by atomic mass is 16.5. The summed E-state index contributed by atoms with van der Waals surface area (Å²) < 4.78 is 6.08. The zero-order valence-electron chi connectivity index (χ0n) is 18.4. The molecule has 0 aromatic carbocycles. The van der Waals surface area contributed by atoms with Crippen LogP contribution in [0.1, 0.15) is 130 Å². The van der Waals surface area contributed by atoms with Crippen molar-refractivity contribution in [3.05, 3.63) is 0 Å². The Hall–Kier alpha value is -0.120. The molecule has 0 bridgehead atoms. The zero-order chi connectivity index (χ0) is 18.4. The van der Waals surface area contributed by atoms with Crippen molar-refractivity contribution in [3.63, 3.8) is 0 Å². The fraction of sp³-hybridized carbons (Fsp3) is 1.00. The summed E-state index contributed by atoms with van der Waals surface area (Å²) in [6.45, 7) is 8.70. The summed E-state index contributed by atoms with van der Waals surface area (Å²) in [5, 5.41) is 3.50. The third kappa shape index (κ3) is 21.9. The first-order valence-corrected chi connectivity index (χ1v) is 11.7. The molecular formula is C23H51NO2. The molecule has 0 saturated heterocycles. The topological polar surface area (TPSA) is 52.8 Å². The van der Waals surface area contributed by atoms with Crippen molar-refractivity contribution >= 4 is 0 Å². The van der Waals surface area contributed by atoms with Gasteiger partial charge in [-0.25, -0.2) is 0 Å². The summed E-state index contributed by atoms with van der Waals surface area (Å²) in [5.41, 5.74) is 0. The Balaban J connectivity index is 0. The van der Waals surface area contributed by atoms with Gasteiger partial charge in [0.1, 0.15) is 6.23 Å². The second-order valence-corrected chi connectivity index (χ2v) is 7.66. The van der Waals surface area contributed by atoms with Gasteiger partial charge in [0.2, 0.25) is 0 Å². The predicted octanol–water partition coefficient (Wildman–Crippen LogP) is 6.79. The summed E-state index contributed by atoms with van der Waals surface area (Å²) in [6, 6.07) is 0. The Morgan fingerprint density at radius 2 is 1.00 bits per heavy atom. The van der Waals surface area contributed by atoms with Crippen LogP contribution in [0.15, 0.2) is 0 Å². The summed E-state index contributed by atoms with van der Waals surface area (Å²) in [4.78, 5) is 0. The maximum absolute atomic E-state index is 6.08. The van der Waals surface area contributed by atoms with E-state index in [-0.39, 0.29) is 11.7 Å². The van der Waals surface area contributed by atoms with Crippen LogP contribution >= 0.6 is 0 Å². The van der Waals surface area contributed by atoms with Gasteiger partial charge in [-0.1, -0.05) is 111 Å². The highest BCUT2D eigenvalue weighted by molar-refractivity contribution is 4.57. The van der Waals surface area contributed by atoms with Gasteiger partial charge in [0.15, 0.2) is 0 Å². The molecule has 0 aliphatic heterocycles. The Morgan fingerprint density at radius 3 is 1.46 bits per heavy atom. The molecule has 26 heavy (non-hydrogen) atoms. The summed E-state index contributed by atoms with van der Waals surface area (Å²) >= 11 is 0. The van der Waals surface area contributed by atoms with Gasteiger partial charge in [0.25, 0.3) is 0 Å². The number of rotatable bonds is 21. The van der Waals surface area contributed by atoms with E-state index in [2.05, 4.69) is 26.1 Å². The standard InChI is InChI=1S/C23H49NO.H2O/c1-4-7-9-11-13-15-17-19-21-23(24-6-3)25-22-20-18-16-14-12-10-8-5-2;/h23-24H,4-22H2,1-3H3;1H2. The molecule has 0 fully saturated rings. The van der Waals surface area contributed by atoms with E-state index in [9.17, 15) is 0 Å². The minimum Gasteiger partial charge on any atom is -0.412 e. The van der Waals surface area contributed by atoms with Gasteiger partial charge in [-0.15, -0.1) is 0 Å². The van der Waals surface area contributed by atoms with E-state index < -0.39 is 0 Å². The highest BCUT2D eigenvalue weighted by Crippen LogP contribution is 2.12. The van der Waals surface area contributed by atoms with Crippen molar-refractivity contribution in [2.24, 2.45) is 0 Å². The molecule has 0 aliphatic rings. The third-order valence-corrected chi connectivity index (χ3v) is 5.07. The quantitative estimate of drug-likeness (QED) is 0.178. The van der Waals surface area contributed by atoms with Crippen molar-refractivity contribution < 1.29 is 10.2 Å². The first kappa shape index (κ1) is 28.1. The molecule has 3 heteroatoms. The van der Waals surface area contributed by atoms with Gasteiger partial charge >= 0.3 is 0 Å². The van der Waals surface area contributed by atoms with Crippen LogP contribution in [0.5, 0.6) is 0 Å². The Morgan fingerprint density at radius 1 is 0.577 bits per heavy atom. The van der Waals surface area contributed by atoms with Crippen LogP contribution in [0.25, 0.3) is 0 Å². The van der Waals surface area contributed by atoms with Crippen LogP contribution in [0, 0.1) is 0 Å². The molecule has 0 aromatic rings. The maximum atomic E-state index is 6.08. The molecule has 0 saturated carbocycles. The molecule has 0 spiro atoms. The largest absolute Gasteiger partial charge is 0.412 e. The van der Waals surface area contributed by atoms with Crippen molar-refractivity contribution in [2.75, 3.05) is 13.2 Å². The lowest BCUT2D eigenvalue weighted by atomic mass is 10.1. The van der Waals surface area contributed by atoms with Crippen LogP contribution in [0.2, 0.25) is 0 Å². The average molecular weight is 374 g/mol. The molecule has 160 valence electrons. The van der Waals surface area contributed by atoms with Crippen molar-refractivity contribution in [2.45, 2.75) is 136 Å². The molecule has 0 aliphatic carbocycles. The molecule has 3 nitrogen and oxygen atoms in total. The van der Waals surface area contributed by atoms with E-state index in [1.165, 1.54) is 109 Å². The lowest BCUT2D eigenvalue weighted by Gasteiger charge is -2.18. The minimum atomic E-state index is 0. The summed E-state index contributed by atoms with van der Waals surface area (Å²) in [5.74, 6) is 0. The monoisotopic (exact) mass is 373 g/mol. The number of unbranched alkanes of at least 4 members (excludes halogenated alkanes) is 14. The van der Waals surface area contributed by atoms with Crippen molar-refractivity contribution in [1.29, 1.82) is 0 Å². The van der Waals surface area contributed by atoms with E-state index in [1.54, 1.807) is 0 Å². The van der Waals surface area contributed by atoms with E-state index >= 15 is 0 Å². The van der Waals surface area contributed by atoms with Gasteiger partial charge in [-0.3, -0.25) is 5.32 Å². The smallest absolute Gasteiger partial charge is 0.108 e. The molecule has 1 unspecified atom stereocenters. The lowest BCUT2D eigenvalue weighted by molar-refractivity contribution is 0.0213. The number of hydrogen-bond acceptors (Lipinski definition) is 2. The Bertz CT molecular complexity index is 236. The normalized spacial score (nSPS) is 12.1. The number of nitrogens with one attached hydrogen (secondary N) is 1. The van der Waals surface area contributed by atoms with E-state index in [4.69, 9.17) is 4.74 Å². The van der Waals surface area contributed by atoms with Gasteiger partial charge in [-0.05, 0) is 25.8 Å². The maximum Gasteiger partial charge on any atom is 0.108 e. The fourth-order valence-corrected chi connectivity index (χ4v) is 3.40. The third-order valence-electron chi connectivity index (χ3n) is 5.07. The molecule has 0 amide bonds. The van der Waals surface area contributed by atoms with Gasteiger partial charge in [0, 0.05) is 6.61 Å². The van der Waals surface area contributed by atoms with E-state index in [0.29, 0.717) is 0 Å². The van der Waals surface area contributed by atoms with Crippen LogP contribution in [0.4, 0.5) is 0 Å². The molecule has 0 heterocycles. The first-order valence-electron chi connectivity index (χ1n) is 11.7. The molecule has 3 N–H and O–H groups in total. The zero-order valence-corrected chi connectivity index (χ0v) is 18.4. The van der Waals surface area contributed by atoms with Gasteiger partial charge in [0.05, 0.1) is 0 Å². The van der Waals surface area contributed by atoms with Crippen LogP contribution in [-0.2, 0) is 4.74 Å². The van der Waals surface area contributed by atoms with Crippen molar-refractivity contribution in [3.8, 4) is 0 Å². The molecular weight excluding hydrogens is 322 g/mol. The van der Waals surface area contributed by atoms with Gasteiger partial charge in [-0.2, -0.15) is 0 Å². The minimum absolute atomic E-state index is 0. The Kier molecular flexibility index (Phi) is 26.9. The second-order valence-electron chi connectivity index (χ2n) is 7.66. The SMILES string of the molecule is CCCCCCCCCCOC(CCCCCCCCCC)NCC.O. The molecule has 0 radical (unpaired) electrons. The van der Waals surface area contributed by atoms with E-state index in [0.717, 1.165) is 13.2 Å². The van der Waals surface area contributed by atoms with E-state index in [1.807, 2.05) is 0 Å².